The fourth-order valence-corrected chi connectivity index (χ4v) is 4.42. The number of ether oxygens (including phenoxy) is 1. The normalized spacial score (nSPS) is 15.2. The number of piperazine rings is 1. The van der Waals surface area contributed by atoms with Crippen LogP contribution in [0, 0.1) is 6.92 Å². The van der Waals surface area contributed by atoms with Crippen molar-refractivity contribution in [3.05, 3.63) is 77.7 Å². The van der Waals surface area contributed by atoms with E-state index < -0.39 is 6.04 Å². The first-order valence-electron chi connectivity index (χ1n) is 12.4. The minimum atomic E-state index is -0.397. The van der Waals surface area contributed by atoms with Crippen LogP contribution in [0.3, 0.4) is 0 Å². The molecule has 0 spiro atoms. The molecule has 0 aliphatic carbocycles. The molecule has 0 bridgehead atoms. The number of nitrogens with zero attached hydrogens (tertiary/aromatic N) is 4. The lowest BCUT2D eigenvalue weighted by Crippen LogP contribution is -2.50. The van der Waals surface area contributed by atoms with Crippen LogP contribution in [-0.2, 0) is 4.79 Å². The van der Waals surface area contributed by atoms with Crippen molar-refractivity contribution in [2.75, 3.05) is 43.0 Å². The molecule has 3 aromatic rings. The Bertz CT molecular complexity index is 1130. The van der Waals surface area contributed by atoms with Gasteiger partial charge < -0.3 is 15.0 Å². The zero-order chi connectivity index (χ0) is 24.8. The number of benzene rings is 2. The lowest BCUT2D eigenvalue weighted by molar-refractivity contribution is -0.121. The molecule has 0 saturated carbocycles. The molecule has 35 heavy (non-hydrogen) atoms. The molecule has 1 N–H and O–H groups in total. The molecule has 1 unspecified atom stereocenters. The van der Waals surface area contributed by atoms with Crippen LogP contribution in [0.25, 0.3) is 0 Å². The third kappa shape index (κ3) is 5.98. The highest BCUT2D eigenvalue weighted by Gasteiger charge is 2.31. The minimum absolute atomic E-state index is 0.0585. The number of amides is 1. The van der Waals surface area contributed by atoms with Crippen molar-refractivity contribution in [3.8, 4) is 5.75 Å². The number of para-hydroxylation sites is 2. The van der Waals surface area contributed by atoms with Gasteiger partial charge in [0.1, 0.15) is 23.4 Å². The predicted molar refractivity (Wildman–Crippen MR) is 140 cm³/mol. The third-order valence-electron chi connectivity index (χ3n) is 6.19. The molecule has 1 aliphatic rings. The van der Waals surface area contributed by atoms with E-state index in [2.05, 4.69) is 33.9 Å². The molecule has 0 radical (unpaired) electrons. The van der Waals surface area contributed by atoms with E-state index in [1.807, 2.05) is 74.5 Å². The quantitative estimate of drug-likeness (QED) is 0.506. The maximum absolute atomic E-state index is 13.6. The van der Waals surface area contributed by atoms with Crippen LogP contribution in [-0.4, -0.2) is 53.6 Å². The summed E-state index contributed by atoms with van der Waals surface area (Å²) in [6, 6.07) is 19.2. The van der Waals surface area contributed by atoms with E-state index in [-0.39, 0.29) is 11.8 Å². The Kier molecular flexibility index (Phi) is 7.98. The maximum Gasteiger partial charge on any atom is 0.246 e. The molecular weight excluding hydrogens is 438 g/mol. The molecule has 184 valence electrons. The van der Waals surface area contributed by atoms with Crippen LogP contribution in [0.1, 0.15) is 49.8 Å². The first kappa shape index (κ1) is 24.7. The first-order valence-corrected chi connectivity index (χ1v) is 12.4. The number of anilines is 2. The Morgan fingerprint density at radius 2 is 1.69 bits per heavy atom. The van der Waals surface area contributed by atoms with E-state index in [9.17, 15) is 4.79 Å². The van der Waals surface area contributed by atoms with Crippen molar-refractivity contribution in [1.29, 1.82) is 0 Å². The van der Waals surface area contributed by atoms with E-state index in [1.165, 1.54) is 0 Å². The summed E-state index contributed by atoms with van der Waals surface area (Å²) >= 11 is 0. The molecule has 1 fully saturated rings. The lowest BCUT2D eigenvalue weighted by Gasteiger charge is -2.39. The second-order valence-electron chi connectivity index (χ2n) is 9.14. The Morgan fingerprint density at radius 1 is 1.00 bits per heavy atom. The van der Waals surface area contributed by atoms with Gasteiger partial charge in [-0.05, 0) is 31.5 Å². The summed E-state index contributed by atoms with van der Waals surface area (Å²) in [7, 11) is 0. The van der Waals surface area contributed by atoms with Gasteiger partial charge in [0, 0.05) is 43.9 Å². The topological polar surface area (TPSA) is 70.6 Å². The van der Waals surface area contributed by atoms with E-state index in [4.69, 9.17) is 9.72 Å². The molecule has 2 aromatic carbocycles. The second kappa shape index (κ2) is 11.3. The Balaban J connectivity index is 1.53. The van der Waals surface area contributed by atoms with Gasteiger partial charge in [-0.15, -0.1) is 0 Å². The highest BCUT2D eigenvalue weighted by molar-refractivity contribution is 5.96. The third-order valence-corrected chi connectivity index (χ3v) is 6.19. The van der Waals surface area contributed by atoms with Crippen molar-refractivity contribution in [3.63, 3.8) is 0 Å². The summed E-state index contributed by atoms with van der Waals surface area (Å²) in [5, 5.41) is 3.12. The lowest BCUT2D eigenvalue weighted by atomic mass is 10.0. The van der Waals surface area contributed by atoms with E-state index in [1.54, 1.807) is 0 Å². The second-order valence-corrected chi connectivity index (χ2v) is 9.14. The van der Waals surface area contributed by atoms with Crippen molar-refractivity contribution in [2.24, 2.45) is 0 Å². The molecule has 1 atom stereocenters. The SMILES string of the molecule is CCOc1ccccc1NC(=O)C(c1ccccc1)N1CCN(c2cc(C)nc(C(C)C)n2)CC1. The maximum atomic E-state index is 13.6. The van der Waals surface area contributed by atoms with Gasteiger partial charge >= 0.3 is 0 Å². The monoisotopic (exact) mass is 473 g/mol. The zero-order valence-electron chi connectivity index (χ0n) is 21.1. The van der Waals surface area contributed by atoms with Crippen LogP contribution in [0.2, 0.25) is 0 Å². The van der Waals surface area contributed by atoms with Crippen molar-refractivity contribution >= 4 is 17.4 Å². The van der Waals surface area contributed by atoms with Gasteiger partial charge in [0.2, 0.25) is 5.91 Å². The highest BCUT2D eigenvalue weighted by Crippen LogP contribution is 2.29. The molecule has 1 aromatic heterocycles. The van der Waals surface area contributed by atoms with Crippen LogP contribution >= 0.6 is 0 Å². The van der Waals surface area contributed by atoms with Gasteiger partial charge in [0.05, 0.1) is 12.3 Å². The number of aryl methyl sites for hydroxylation is 1. The summed E-state index contributed by atoms with van der Waals surface area (Å²) in [4.78, 5) is 27.6. The summed E-state index contributed by atoms with van der Waals surface area (Å²) in [6.45, 7) is 11.8. The first-order chi connectivity index (χ1) is 17.0. The smallest absolute Gasteiger partial charge is 0.246 e. The number of nitrogens with one attached hydrogen (secondary N) is 1. The fraction of sp³-hybridized carbons (Fsp3) is 0.393. The van der Waals surface area contributed by atoms with Crippen molar-refractivity contribution in [2.45, 2.75) is 39.7 Å². The summed E-state index contributed by atoms with van der Waals surface area (Å²) in [5.74, 6) is 2.74. The highest BCUT2D eigenvalue weighted by atomic mass is 16.5. The van der Waals surface area contributed by atoms with E-state index in [0.29, 0.717) is 18.0 Å². The predicted octanol–water partition coefficient (Wildman–Crippen LogP) is 4.81. The standard InChI is InChI=1S/C28H35N5O2/c1-5-35-24-14-10-9-13-23(24)30-28(34)26(22-11-7-6-8-12-22)33-17-15-32(16-18-33)25-19-21(4)29-27(31-25)20(2)3/h6-14,19-20,26H,5,15-18H2,1-4H3,(H,30,34). The molecule has 1 amide bonds. The van der Waals surface area contributed by atoms with Crippen LogP contribution in [0.5, 0.6) is 5.75 Å². The average molecular weight is 474 g/mol. The van der Waals surface area contributed by atoms with E-state index >= 15 is 0 Å². The number of hydrogen-bond donors (Lipinski definition) is 1. The molecule has 4 rings (SSSR count). The molecule has 1 saturated heterocycles. The number of rotatable bonds is 8. The Hall–Kier alpha value is -3.45. The van der Waals surface area contributed by atoms with Gasteiger partial charge in [-0.1, -0.05) is 56.3 Å². The largest absolute Gasteiger partial charge is 0.492 e. The summed E-state index contributed by atoms with van der Waals surface area (Å²) < 4.78 is 5.72. The molecular formula is C28H35N5O2. The number of hydrogen-bond acceptors (Lipinski definition) is 6. The van der Waals surface area contributed by atoms with Gasteiger partial charge in [-0.2, -0.15) is 0 Å². The number of carbonyl (C=O) groups excluding carboxylic acids is 1. The van der Waals surface area contributed by atoms with Crippen LogP contribution in [0.15, 0.2) is 60.7 Å². The van der Waals surface area contributed by atoms with Gasteiger partial charge in [-0.25, -0.2) is 9.97 Å². The van der Waals surface area contributed by atoms with Gasteiger partial charge in [0.15, 0.2) is 0 Å². The number of carbonyl (C=O) groups is 1. The molecule has 1 aliphatic heterocycles. The molecule has 2 heterocycles. The Morgan fingerprint density at radius 3 is 2.37 bits per heavy atom. The van der Waals surface area contributed by atoms with Crippen molar-refractivity contribution < 1.29 is 9.53 Å². The summed E-state index contributed by atoms with van der Waals surface area (Å²) in [6.07, 6.45) is 0. The van der Waals surface area contributed by atoms with Crippen LogP contribution < -0.4 is 15.0 Å². The van der Waals surface area contributed by atoms with Gasteiger partial charge in [-0.3, -0.25) is 9.69 Å². The molecule has 7 nitrogen and oxygen atoms in total. The molecule has 7 heteroatoms. The number of aromatic nitrogens is 2. The fourth-order valence-electron chi connectivity index (χ4n) is 4.42. The van der Waals surface area contributed by atoms with Crippen LogP contribution in [0.4, 0.5) is 11.5 Å². The van der Waals surface area contributed by atoms with E-state index in [0.717, 1.165) is 49.1 Å². The van der Waals surface area contributed by atoms with Gasteiger partial charge in [0.25, 0.3) is 0 Å². The Labute approximate surface area is 208 Å². The van der Waals surface area contributed by atoms with Crippen molar-refractivity contribution in [1.82, 2.24) is 14.9 Å². The zero-order valence-corrected chi connectivity index (χ0v) is 21.1. The average Bonchev–Trinajstić information content (AvgIpc) is 2.86. The minimum Gasteiger partial charge on any atom is -0.492 e. The summed E-state index contributed by atoms with van der Waals surface area (Å²) in [5.41, 5.74) is 2.65.